The lowest BCUT2D eigenvalue weighted by atomic mass is 10.1. The predicted octanol–water partition coefficient (Wildman–Crippen LogP) is 4.40. The second kappa shape index (κ2) is 10.1. The van der Waals surface area contributed by atoms with Gasteiger partial charge in [-0.05, 0) is 49.2 Å². The zero-order valence-corrected chi connectivity index (χ0v) is 16.2. The van der Waals surface area contributed by atoms with Gasteiger partial charge in [0, 0.05) is 11.1 Å². The molecule has 0 fully saturated rings. The monoisotopic (exact) mass is 400 g/mol. The van der Waals surface area contributed by atoms with E-state index in [2.05, 4.69) is 13.2 Å². The van der Waals surface area contributed by atoms with Crippen LogP contribution in [0.15, 0.2) is 66.8 Å². The Morgan fingerprint density at radius 2 is 1.34 bits per heavy atom. The van der Waals surface area contributed by atoms with E-state index in [9.17, 15) is 14.0 Å². The van der Waals surface area contributed by atoms with Crippen molar-refractivity contribution in [2.24, 2.45) is 0 Å². The minimum atomic E-state index is -0.612. The molecule has 0 amide bonds. The molecule has 0 N–H and O–H groups in total. The van der Waals surface area contributed by atoms with Gasteiger partial charge in [-0.15, -0.1) is 0 Å². The molecule has 0 spiro atoms. The Balaban J connectivity index is 1.94. The van der Waals surface area contributed by atoms with E-state index in [4.69, 9.17) is 18.9 Å². The first-order valence-electron chi connectivity index (χ1n) is 8.58. The van der Waals surface area contributed by atoms with E-state index in [1.807, 2.05) is 0 Å². The summed E-state index contributed by atoms with van der Waals surface area (Å²) in [6.07, 6.45) is 0. The first kappa shape index (κ1) is 21.7. The minimum absolute atomic E-state index is 0.0393. The molecular formula is C22H21FO6. The van der Waals surface area contributed by atoms with E-state index in [1.54, 1.807) is 37.3 Å². The fourth-order valence-electron chi connectivity index (χ4n) is 2.08. The predicted molar refractivity (Wildman–Crippen MR) is 105 cm³/mol. The van der Waals surface area contributed by atoms with Crippen molar-refractivity contribution in [1.82, 2.24) is 0 Å². The highest BCUT2D eigenvalue weighted by molar-refractivity contribution is 5.87. The third-order valence-electron chi connectivity index (χ3n) is 3.64. The molecule has 0 unspecified atom stereocenters. The normalized spacial score (nSPS) is 10.0. The van der Waals surface area contributed by atoms with Crippen LogP contribution in [-0.2, 0) is 19.1 Å². The summed E-state index contributed by atoms with van der Waals surface area (Å²) in [5.41, 5.74) is 1.88. The molecule has 2 aromatic rings. The average Bonchev–Trinajstić information content (AvgIpc) is 2.69. The van der Waals surface area contributed by atoms with Crippen LogP contribution in [0.2, 0.25) is 0 Å². The van der Waals surface area contributed by atoms with Crippen molar-refractivity contribution in [3.05, 3.63) is 72.6 Å². The van der Waals surface area contributed by atoms with Crippen LogP contribution in [0.5, 0.6) is 11.5 Å². The molecule has 0 saturated carbocycles. The topological polar surface area (TPSA) is 71.1 Å². The summed E-state index contributed by atoms with van der Waals surface area (Å²) < 4.78 is 34.3. The highest BCUT2D eigenvalue weighted by Crippen LogP contribution is 2.27. The van der Waals surface area contributed by atoms with Crippen LogP contribution >= 0.6 is 0 Å². The highest BCUT2D eigenvalue weighted by Gasteiger charge is 2.09. The first-order valence-corrected chi connectivity index (χ1v) is 8.58. The van der Waals surface area contributed by atoms with Crippen molar-refractivity contribution in [1.29, 1.82) is 0 Å². The number of hydrogen-bond acceptors (Lipinski definition) is 6. The summed E-state index contributed by atoms with van der Waals surface area (Å²) in [5.74, 6) is -1.29. The quantitative estimate of drug-likeness (QED) is 0.353. The Morgan fingerprint density at radius 1 is 0.828 bits per heavy atom. The molecule has 0 saturated heterocycles. The van der Waals surface area contributed by atoms with E-state index < -0.39 is 24.5 Å². The van der Waals surface area contributed by atoms with Crippen molar-refractivity contribution in [2.75, 3.05) is 13.6 Å². The van der Waals surface area contributed by atoms with E-state index >= 15 is 0 Å². The second-order valence-corrected chi connectivity index (χ2v) is 6.12. The van der Waals surface area contributed by atoms with Crippen molar-refractivity contribution < 1.29 is 32.9 Å². The van der Waals surface area contributed by atoms with Crippen LogP contribution in [0.25, 0.3) is 11.1 Å². The molecule has 0 heterocycles. The molecule has 29 heavy (non-hydrogen) atoms. The summed E-state index contributed by atoms with van der Waals surface area (Å²) in [4.78, 5) is 22.6. The van der Waals surface area contributed by atoms with Crippen molar-refractivity contribution in [3.8, 4) is 22.6 Å². The zero-order valence-electron chi connectivity index (χ0n) is 16.2. The van der Waals surface area contributed by atoms with Gasteiger partial charge in [-0.2, -0.15) is 0 Å². The molecular weight excluding hydrogens is 379 g/mol. The fraction of sp³-hybridized carbons (Fsp3) is 0.182. The fourth-order valence-corrected chi connectivity index (χ4v) is 2.08. The van der Waals surface area contributed by atoms with E-state index in [-0.39, 0.29) is 23.7 Å². The van der Waals surface area contributed by atoms with Gasteiger partial charge in [-0.1, -0.05) is 31.4 Å². The highest BCUT2D eigenvalue weighted by atomic mass is 19.1. The van der Waals surface area contributed by atoms with Gasteiger partial charge in [0.25, 0.3) is 0 Å². The van der Waals surface area contributed by atoms with Gasteiger partial charge in [0.1, 0.15) is 5.75 Å². The number of benzene rings is 2. The summed E-state index contributed by atoms with van der Waals surface area (Å²) in [6, 6.07) is 11.2. The Kier molecular flexibility index (Phi) is 7.54. The number of esters is 2. The Hall–Kier alpha value is -3.61. The Bertz CT molecular complexity index is 917. The lowest BCUT2D eigenvalue weighted by Crippen LogP contribution is -2.11. The molecule has 0 bridgehead atoms. The molecule has 0 aliphatic carbocycles. The van der Waals surface area contributed by atoms with Crippen LogP contribution in [0.4, 0.5) is 4.39 Å². The number of rotatable bonds is 9. The SMILES string of the molecule is C=C(C)C(=O)OCOc1ccc(-c2ccc(OCOC(=O)C(=C)C)c(F)c2)cc1. The minimum Gasteiger partial charge on any atom is -0.457 e. The number of carbonyl (C=O) groups is 2. The van der Waals surface area contributed by atoms with Crippen LogP contribution in [-0.4, -0.2) is 25.5 Å². The Labute approximate surface area is 168 Å². The number of halogens is 1. The maximum absolute atomic E-state index is 14.2. The molecule has 0 aromatic heterocycles. The van der Waals surface area contributed by atoms with E-state index in [1.165, 1.54) is 19.1 Å². The molecule has 0 radical (unpaired) electrons. The molecule has 0 atom stereocenters. The van der Waals surface area contributed by atoms with Crippen LogP contribution < -0.4 is 9.47 Å². The molecule has 152 valence electrons. The largest absolute Gasteiger partial charge is 0.457 e. The summed E-state index contributed by atoms with van der Waals surface area (Å²) in [5, 5.41) is 0. The van der Waals surface area contributed by atoms with Gasteiger partial charge in [0.15, 0.2) is 11.6 Å². The number of carbonyl (C=O) groups excluding carboxylic acids is 2. The smallest absolute Gasteiger partial charge is 0.335 e. The number of ether oxygens (including phenoxy) is 4. The van der Waals surface area contributed by atoms with E-state index in [0.717, 1.165) is 5.56 Å². The van der Waals surface area contributed by atoms with Crippen molar-refractivity contribution >= 4 is 11.9 Å². The van der Waals surface area contributed by atoms with Gasteiger partial charge in [-0.3, -0.25) is 0 Å². The van der Waals surface area contributed by atoms with Gasteiger partial charge in [-0.25, -0.2) is 14.0 Å². The molecule has 6 nitrogen and oxygen atoms in total. The zero-order chi connectivity index (χ0) is 21.4. The van der Waals surface area contributed by atoms with Gasteiger partial charge in [0.05, 0.1) is 0 Å². The van der Waals surface area contributed by atoms with Crippen molar-refractivity contribution in [2.45, 2.75) is 13.8 Å². The molecule has 2 rings (SSSR count). The number of hydrogen-bond donors (Lipinski definition) is 0. The first-order chi connectivity index (χ1) is 13.8. The summed E-state index contributed by atoms with van der Waals surface area (Å²) in [7, 11) is 0. The van der Waals surface area contributed by atoms with Gasteiger partial charge < -0.3 is 18.9 Å². The van der Waals surface area contributed by atoms with Gasteiger partial charge >= 0.3 is 11.9 Å². The third kappa shape index (κ3) is 6.49. The maximum Gasteiger partial charge on any atom is 0.335 e. The maximum atomic E-state index is 14.2. The molecule has 0 aliphatic heterocycles. The molecule has 2 aromatic carbocycles. The van der Waals surface area contributed by atoms with Crippen molar-refractivity contribution in [3.63, 3.8) is 0 Å². The van der Waals surface area contributed by atoms with Crippen LogP contribution in [0.3, 0.4) is 0 Å². The third-order valence-corrected chi connectivity index (χ3v) is 3.64. The average molecular weight is 400 g/mol. The van der Waals surface area contributed by atoms with E-state index in [0.29, 0.717) is 11.3 Å². The summed E-state index contributed by atoms with van der Waals surface area (Å²) in [6.45, 7) is 9.32. The lowest BCUT2D eigenvalue weighted by Gasteiger charge is -2.10. The second-order valence-electron chi connectivity index (χ2n) is 6.12. The standard InChI is InChI=1S/C22H21FO6/c1-14(2)21(24)28-12-26-18-8-5-16(6-9-18)17-7-10-20(19(23)11-17)27-13-29-22(25)15(3)4/h5-11H,1,3,12-13H2,2,4H3. The van der Waals surface area contributed by atoms with Crippen LogP contribution in [0, 0.1) is 5.82 Å². The lowest BCUT2D eigenvalue weighted by molar-refractivity contribution is -0.146. The molecule has 7 heteroatoms. The van der Waals surface area contributed by atoms with Crippen LogP contribution in [0.1, 0.15) is 13.8 Å². The summed E-state index contributed by atoms with van der Waals surface area (Å²) >= 11 is 0. The Morgan fingerprint density at radius 3 is 1.86 bits per heavy atom. The van der Waals surface area contributed by atoms with Gasteiger partial charge in [0.2, 0.25) is 13.6 Å². The molecule has 0 aliphatic rings.